The molecule has 4 nitrogen and oxygen atoms in total. The predicted octanol–water partition coefficient (Wildman–Crippen LogP) is 2.64. The molecule has 15 heavy (non-hydrogen) atoms. The molecule has 0 atom stereocenters. The first kappa shape index (κ1) is 10.2. The van der Waals surface area contributed by atoms with Crippen LogP contribution in [-0.4, -0.2) is 16.1 Å². The van der Waals surface area contributed by atoms with E-state index >= 15 is 0 Å². The highest BCUT2D eigenvalue weighted by Crippen LogP contribution is 2.19. The van der Waals surface area contributed by atoms with Gasteiger partial charge in [0.25, 0.3) is 0 Å². The number of carbonyl (C=O) groups is 1. The third kappa shape index (κ3) is 2.17. The number of benzene rings is 1. The molecule has 0 aliphatic heterocycles. The van der Waals surface area contributed by atoms with Crippen LogP contribution in [0.5, 0.6) is 0 Å². The van der Waals surface area contributed by atoms with Gasteiger partial charge in [0.15, 0.2) is 5.69 Å². The number of hydrogen-bond acceptors (Lipinski definition) is 3. The van der Waals surface area contributed by atoms with Gasteiger partial charge in [0.05, 0.1) is 0 Å². The van der Waals surface area contributed by atoms with E-state index in [-0.39, 0.29) is 5.69 Å². The zero-order valence-corrected chi connectivity index (χ0v) is 9.63. The molecule has 1 aromatic heterocycles. The van der Waals surface area contributed by atoms with Crippen molar-refractivity contribution in [3.8, 4) is 11.5 Å². The Balaban J connectivity index is 2.37. The van der Waals surface area contributed by atoms with Gasteiger partial charge in [-0.05, 0) is 46.9 Å². The number of aromatic carboxylic acids is 1. The van der Waals surface area contributed by atoms with Crippen molar-refractivity contribution in [3.63, 3.8) is 0 Å². The van der Waals surface area contributed by atoms with E-state index in [1.807, 2.05) is 24.3 Å². The minimum atomic E-state index is -1.09. The van der Waals surface area contributed by atoms with Crippen molar-refractivity contribution >= 4 is 28.6 Å². The maximum absolute atomic E-state index is 10.6. The number of halogens is 1. The lowest BCUT2D eigenvalue weighted by molar-refractivity contribution is 0.0690. The van der Waals surface area contributed by atoms with Crippen LogP contribution in [0.4, 0.5) is 0 Å². The second-order valence-electron chi connectivity index (χ2n) is 2.85. The Labute approximate surface area is 99.1 Å². The average Bonchev–Trinajstić information content (AvgIpc) is 2.68. The monoisotopic (exact) mass is 315 g/mol. The van der Waals surface area contributed by atoms with E-state index < -0.39 is 5.97 Å². The maximum Gasteiger partial charge on any atom is 0.357 e. The second kappa shape index (κ2) is 4.01. The summed E-state index contributed by atoms with van der Waals surface area (Å²) in [5.74, 6) is -0.765. The number of oxazole rings is 1. The van der Waals surface area contributed by atoms with Gasteiger partial charge in [-0.25, -0.2) is 9.78 Å². The van der Waals surface area contributed by atoms with Gasteiger partial charge in [-0.3, -0.25) is 0 Å². The number of rotatable bonds is 2. The third-order valence-electron chi connectivity index (χ3n) is 1.81. The van der Waals surface area contributed by atoms with Gasteiger partial charge >= 0.3 is 5.97 Å². The molecule has 0 radical (unpaired) electrons. The third-order valence-corrected chi connectivity index (χ3v) is 2.53. The molecule has 0 amide bonds. The first-order chi connectivity index (χ1) is 7.16. The van der Waals surface area contributed by atoms with Gasteiger partial charge < -0.3 is 9.52 Å². The molecule has 1 N–H and O–H groups in total. The maximum atomic E-state index is 10.6. The van der Waals surface area contributed by atoms with Crippen molar-refractivity contribution in [2.45, 2.75) is 0 Å². The van der Waals surface area contributed by atoms with Crippen LogP contribution in [0, 0.1) is 3.57 Å². The van der Waals surface area contributed by atoms with Crippen molar-refractivity contribution < 1.29 is 14.3 Å². The van der Waals surface area contributed by atoms with Gasteiger partial charge in [0.1, 0.15) is 6.26 Å². The second-order valence-corrected chi connectivity index (χ2v) is 4.10. The minimum Gasteiger partial charge on any atom is -0.476 e. The van der Waals surface area contributed by atoms with Crippen LogP contribution in [0.3, 0.4) is 0 Å². The molecule has 5 heteroatoms. The molecule has 0 bridgehead atoms. The lowest BCUT2D eigenvalue weighted by Crippen LogP contribution is -1.95. The smallest absolute Gasteiger partial charge is 0.357 e. The Morgan fingerprint density at radius 1 is 1.33 bits per heavy atom. The number of aromatic nitrogens is 1. The molecular weight excluding hydrogens is 309 g/mol. The summed E-state index contributed by atoms with van der Waals surface area (Å²) < 4.78 is 6.16. The Morgan fingerprint density at radius 2 is 2.00 bits per heavy atom. The van der Waals surface area contributed by atoms with Gasteiger partial charge in [-0.15, -0.1) is 0 Å². The van der Waals surface area contributed by atoms with E-state index in [0.29, 0.717) is 5.89 Å². The zero-order valence-electron chi connectivity index (χ0n) is 7.48. The summed E-state index contributed by atoms with van der Waals surface area (Å²) in [5, 5.41) is 8.67. The van der Waals surface area contributed by atoms with Gasteiger partial charge in [-0.1, -0.05) is 0 Å². The number of carboxylic acid groups (broad SMARTS) is 1. The lowest BCUT2D eigenvalue weighted by Gasteiger charge is -1.94. The van der Waals surface area contributed by atoms with Gasteiger partial charge in [-0.2, -0.15) is 0 Å². The molecule has 0 spiro atoms. The Morgan fingerprint density at radius 3 is 2.53 bits per heavy atom. The Hall–Kier alpha value is -1.37. The molecule has 0 aliphatic rings. The number of carboxylic acids is 1. The van der Waals surface area contributed by atoms with Crippen LogP contribution >= 0.6 is 22.6 Å². The highest BCUT2D eigenvalue weighted by atomic mass is 127. The topological polar surface area (TPSA) is 63.3 Å². The van der Waals surface area contributed by atoms with Crippen LogP contribution in [0.25, 0.3) is 11.5 Å². The normalized spacial score (nSPS) is 10.2. The van der Waals surface area contributed by atoms with Crippen LogP contribution in [0.15, 0.2) is 34.9 Å². The van der Waals surface area contributed by atoms with Crippen LogP contribution in [0.2, 0.25) is 0 Å². The van der Waals surface area contributed by atoms with Crippen molar-refractivity contribution in [2.24, 2.45) is 0 Å². The average molecular weight is 315 g/mol. The van der Waals surface area contributed by atoms with Crippen LogP contribution in [0.1, 0.15) is 10.5 Å². The molecule has 0 saturated carbocycles. The van der Waals surface area contributed by atoms with Crippen molar-refractivity contribution in [1.29, 1.82) is 0 Å². The van der Waals surface area contributed by atoms with Crippen LogP contribution < -0.4 is 0 Å². The zero-order chi connectivity index (χ0) is 10.8. The fourth-order valence-corrected chi connectivity index (χ4v) is 1.46. The predicted molar refractivity (Wildman–Crippen MR) is 61.6 cm³/mol. The molecule has 1 heterocycles. The summed E-state index contributed by atoms with van der Waals surface area (Å²) in [7, 11) is 0. The fraction of sp³-hybridized carbons (Fsp3) is 0. The standard InChI is InChI=1S/C10H6INO3/c11-7-3-1-6(2-4-7)9-12-8(5-15-9)10(13)14/h1-5H,(H,13,14). The van der Waals surface area contributed by atoms with Gasteiger partial charge in [0.2, 0.25) is 5.89 Å². The summed E-state index contributed by atoms with van der Waals surface area (Å²) in [6.45, 7) is 0. The fourth-order valence-electron chi connectivity index (χ4n) is 1.10. The molecule has 76 valence electrons. The van der Waals surface area contributed by atoms with E-state index in [0.717, 1.165) is 15.4 Å². The molecule has 1 aromatic carbocycles. The minimum absolute atomic E-state index is 0.0800. The van der Waals surface area contributed by atoms with Crippen molar-refractivity contribution in [1.82, 2.24) is 4.98 Å². The molecule has 0 aliphatic carbocycles. The van der Waals surface area contributed by atoms with Crippen molar-refractivity contribution in [2.75, 3.05) is 0 Å². The highest BCUT2D eigenvalue weighted by Gasteiger charge is 2.11. The molecule has 0 fully saturated rings. The SMILES string of the molecule is O=C(O)c1coc(-c2ccc(I)cc2)n1. The Bertz CT molecular complexity index is 490. The summed E-state index contributed by atoms with van der Waals surface area (Å²) in [4.78, 5) is 14.4. The van der Waals surface area contributed by atoms with E-state index in [4.69, 9.17) is 9.52 Å². The molecular formula is C10H6INO3. The first-order valence-corrected chi connectivity index (χ1v) is 5.19. The lowest BCUT2D eigenvalue weighted by atomic mass is 10.2. The summed E-state index contributed by atoms with van der Waals surface area (Å²) in [6.07, 6.45) is 1.13. The first-order valence-electron chi connectivity index (χ1n) is 4.11. The number of nitrogens with zero attached hydrogens (tertiary/aromatic N) is 1. The molecule has 0 unspecified atom stereocenters. The van der Waals surface area contributed by atoms with E-state index in [9.17, 15) is 4.79 Å². The van der Waals surface area contributed by atoms with Crippen molar-refractivity contribution in [3.05, 3.63) is 39.8 Å². The summed E-state index contributed by atoms with van der Waals surface area (Å²) >= 11 is 2.19. The van der Waals surface area contributed by atoms with Crippen LogP contribution in [-0.2, 0) is 0 Å². The highest BCUT2D eigenvalue weighted by molar-refractivity contribution is 14.1. The van der Waals surface area contributed by atoms with E-state index in [1.54, 1.807) is 0 Å². The molecule has 2 aromatic rings. The van der Waals surface area contributed by atoms with E-state index in [1.165, 1.54) is 0 Å². The molecule has 2 rings (SSSR count). The Kier molecular flexibility index (Phi) is 2.72. The quantitative estimate of drug-likeness (QED) is 0.866. The summed E-state index contributed by atoms with van der Waals surface area (Å²) in [6, 6.07) is 7.47. The van der Waals surface area contributed by atoms with Gasteiger partial charge in [0, 0.05) is 9.13 Å². The largest absolute Gasteiger partial charge is 0.476 e. The van der Waals surface area contributed by atoms with E-state index in [2.05, 4.69) is 27.6 Å². The molecule has 0 saturated heterocycles. The number of hydrogen-bond donors (Lipinski definition) is 1. The summed E-state index contributed by atoms with van der Waals surface area (Å²) in [5.41, 5.74) is 0.687.